The quantitative estimate of drug-likeness (QED) is 0.265. The Balaban J connectivity index is 1.93. The summed E-state index contributed by atoms with van der Waals surface area (Å²) >= 11 is 0. The van der Waals surface area contributed by atoms with E-state index in [1.807, 2.05) is 0 Å². The van der Waals surface area contributed by atoms with E-state index in [4.69, 9.17) is 28.4 Å². The van der Waals surface area contributed by atoms with Crippen LogP contribution in [0.2, 0.25) is 0 Å². The van der Waals surface area contributed by atoms with Crippen molar-refractivity contribution >= 4 is 35.6 Å². The van der Waals surface area contributed by atoms with Gasteiger partial charge in [0.1, 0.15) is 30.0 Å². The Morgan fingerprint density at radius 2 is 1.50 bits per heavy atom. The molecule has 9 atom stereocenters. The third-order valence-electron chi connectivity index (χ3n) is 10.6. The lowest BCUT2D eigenvalue weighted by Gasteiger charge is -2.67. The van der Waals surface area contributed by atoms with Crippen LogP contribution in [0.4, 0.5) is 0 Å². The number of hydrogen-bond donors (Lipinski definition) is 1. The van der Waals surface area contributed by atoms with Gasteiger partial charge in [-0.3, -0.25) is 24.0 Å². The Bertz CT molecular complexity index is 1640. The Hall–Kier alpha value is -4.10. The number of benzene rings is 1. The number of fused-ring (bicyclic) bond motifs is 5. The lowest BCUT2D eigenvalue weighted by molar-refractivity contribution is -0.346. The van der Waals surface area contributed by atoms with E-state index < -0.39 is 100 Å². The maximum atomic E-state index is 15.4. The molecular weight excluding hydrogens is 628 g/mol. The normalized spacial score (nSPS) is 38.3. The summed E-state index contributed by atoms with van der Waals surface area (Å²) in [6.07, 6.45) is -9.16. The number of carbonyl (C=O) groups excluding carboxylic acids is 6. The van der Waals surface area contributed by atoms with Crippen molar-refractivity contribution in [1.29, 1.82) is 0 Å². The summed E-state index contributed by atoms with van der Waals surface area (Å²) in [5, 5.41) is 13.3. The highest BCUT2D eigenvalue weighted by Gasteiger charge is 2.79. The van der Waals surface area contributed by atoms with Crippen LogP contribution in [0.15, 0.2) is 41.5 Å². The second kappa shape index (κ2) is 12.1. The molecule has 0 spiro atoms. The van der Waals surface area contributed by atoms with Gasteiger partial charge in [0, 0.05) is 46.0 Å². The maximum Gasteiger partial charge on any atom is 0.338 e. The smallest absolute Gasteiger partial charge is 0.338 e. The number of rotatable bonds is 6. The second-order valence-electron chi connectivity index (χ2n) is 13.8. The van der Waals surface area contributed by atoms with Gasteiger partial charge in [0.05, 0.1) is 24.9 Å². The van der Waals surface area contributed by atoms with E-state index in [2.05, 4.69) is 0 Å². The molecule has 2 saturated carbocycles. The molecule has 1 heterocycles. The highest BCUT2D eigenvalue weighted by Crippen LogP contribution is 2.65. The number of Topliss-reactive ketones (excluding diaryl/α,β-unsaturated/α-hetero) is 1. The number of esters is 5. The number of hydrogen-bond acceptors (Lipinski definition) is 13. The molecule has 5 rings (SSSR count). The van der Waals surface area contributed by atoms with Crippen LogP contribution < -0.4 is 0 Å². The summed E-state index contributed by atoms with van der Waals surface area (Å²) in [7, 11) is 0. The molecule has 13 nitrogen and oxygen atoms in total. The van der Waals surface area contributed by atoms with Crippen LogP contribution in [0.1, 0.15) is 80.0 Å². The molecule has 48 heavy (non-hydrogen) atoms. The van der Waals surface area contributed by atoms with Crippen LogP contribution in [0.25, 0.3) is 0 Å². The molecule has 3 fully saturated rings. The fraction of sp³-hybridized carbons (Fsp3) is 0.600. The molecule has 0 radical (unpaired) electrons. The molecule has 1 aliphatic heterocycles. The first-order valence-electron chi connectivity index (χ1n) is 16.3. The average molecular weight is 673 g/mol. The van der Waals surface area contributed by atoms with Gasteiger partial charge in [0.25, 0.3) is 0 Å². The molecule has 1 aromatic carbocycles. The van der Waals surface area contributed by atoms with Gasteiger partial charge in [-0.25, -0.2) is 4.79 Å². The zero-order valence-corrected chi connectivity index (χ0v) is 28.2. The molecule has 4 aliphatic rings. The van der Waals surface area contributed by atoms with E-state index in [9.17, 15) is 30.4 Å². The summed E-state index contributed by atoms with van der Waals surface area (Å²) in [4.78, 5) is 80.1. The molecule has 1 saturated heterocycles. The van der Waals surface area contributed by atoms with Crippen LogP contribution in [0.5, 0.6) is 0 Å². The third kappa shape index (κ3) is 5.31. The Labute approximate surface area is 279 Å². The lowest BCUT2D eigenvalue weighted by atomic mass is 9.44. The molecule has 0 aromatic heterocycles. The van der Waals surface area contributed by atoms with Crippen molar-refractivity contribution in [1.82, 2.24) is 0 Å². The highest BCUT2D eigenvalue weighted by atomic mass is 16.6. The van der Waals surface area contributed by atoms with Gasteiger partial charge in [-0.2, -0.15) is 0 Å². The number of carbonyl (C=O) groups is 6. The number of aliphatic hydroxyl groups is 1. The van der Waals surface area contributed by atoms with E-state index in [-0.39, 0.29) is 29.7 Å². The summed E-state index contributed by atoms with van der Waals surface area (Å²) < 4.78 is 44.7. The predicted octanol–water partition coefficient (Wildman–Crippen LogP) is 2.79. The van der Waals surface area contributed by atoms with E-state index in [1.54, 1.807) is 18.2 Å². The van der Waals surface area contributed by atoms with Gasteiger partial charge < -0.3 is 33.5 Å². The summed E-state index contributed by atoms with van der Waals surface area (Å²) in [5.74, 6) is -6.63. The minimum absolute atomic E-state index is 0.00607. The Morgan fingerprint density at radius 3 is 2.02 bits per heavy atom. The van der Waals surface area contributed by atoms with Crippen LogP contribution in [-0.2, 0) is 52.4 Å². The molecular formula is C35H42O13. The van der Waals surface area contributed by atoms with Gasteiger partial charge in [-0.1, -0.05) is 32.0 Å². The van der Waals surface area contributed by atoms with Gasteiger partial charge in [0.15, 0.2) is 17.5 Å². The first-order valence-corrected chi connectivity index (χ1v) is 15.8. The van der Waals surface area contributed by atoms with Crippen molar-refractivity contribution in [3.05, 3.63) is 47.0 Å². The fourth-order valence-electron chi connectivity index (χ4n) is 8.36. The molecule has 0 unspecified atom stereocenters. The zero-order valence-electron chi connectivity index (χ0n) is 29.2. The monoisotopic (exact) mass is 672 g/mol. The van der Waals surface area contributed by atoms with Crippen molar-refractivity contribution in [2.24, 2.45) is 16.7 Å². The van der Waals surface area contributed by atoms with Crippen molar-refractivity contribution in [3.8, 4) is 0 Å². The molecule has 3 aliphatic carbocycles. The molecule has 1 N–H and O–H groups in total. The third-order valence-corrected chi connectivity index (χ3v) is 10.6. The minimum Gasteiger partial charge on any atom is -0.461 e. The minimum atomic E-state index is -2.42. The largest absolute Gasteiger partial charge is 0.461 e. The topological polar surface area (TPSA) is 178 Å². The SMILES string of the molecule is [3H][C@]1(OC(C)=O)C[C@@]2(O)[C@@H](OC(=O)c3ccccc3)[C@@H]3[C@]4(OC(C)=O)CO[C@@H]4C[C@H](OC(C)=O)[C@@]3(C)C(=O)[C@H](OC(C)=O)C(=C1C)C2(C)C. The standard InChI is InChI=1S/C35H42O13/c1-17-23(44-18(2)36)15-35(42)30(47-31(41)22-12-10-9-11-13-22)28-33(8,29(40)27(46-20(4)38)26(17)32(35,6)7)24(45-19(3)37)14-25-34(28,16-43-25)48-21(5)39/h9-13,23-25,27-28,30,42H,14-16H2,1-8H3/t23-,24-,25+,27+,28-,30-,33+,34-,35+/m0/s1/i23T. The van der Waals surface area contributed by atoms with Crippen LogP contribution in [0, 0.1) is 16.7 Å². The molecule has 2 bridgehead atoms. The predicted molar refractivity (Wildman–Crippen MR) is 164 cm³/mol. The van der Waals surface area contributed by atoms with Crippen LogP contribution in [0.3, 0.4) is 0 Å². The summed E-state index contributed by atoms with van der Waals surface area (Å²) in [5.41, 5.74) is -7.80. The van der Waals surface area contributed by atoms with Crippen LogP contribution >= 0.6 is 0 Å². The number of ketones is 1. The van der Waals surface area contributed by atoms with E-state index in [0.717, 1.165) is 27.7 Å². The molecule has 260 valence electrons. The molecule has 1 aromatic rings. The first kappa shape index (κ1) is 33.8. The van der Waals surface area contributed by atoms with E-state index in [1.165, 1.54) is 39.8 Å². The molecule has 0 amide bonds. The first-order chi connectivity index (χ1) is 22.7. The van der Waals surface area contributed by atoms with Gasteiger partial charge >= 0.3 is 29.8 Å². The Kier molecular flexibility index (Phi) is 8.52. The maximum absolute atomic E-state index is 15.4. The number of ether oxygens (including phenoxy) is 6. The van der Waals surface area contributed by atoms with Crippen LogP contribution in [-0.4, -0.2) is 89.0 Å². The van der Waals surface area contributed by atoms with Crippen molar-refractivity contribution in [3.63, 3.8) is 0 Å². The Morgan fingerprint density at radius 1 is 0.896 bits per heavy atom. The highest BCUT2D eigenvalue weighted by molar-refractivity contribution is 5.96. The van der Waals surface area contributed by atoms with E-state index >= 15 is 4.79 Å². The van der Waals surface area contributed by atoms with Gasteiger partial charge in [-0.15, -0.1) is 0 Å². The van der Waals surface area contributed by atoms with Crippen molar-refractivity contribution in [2.75, 3.05) is 6.61 Å². The van der Waals surface area contributed by atoms with E-state index in [0.29, 0.717) is 0 Å². The lowest BCUT2D eigenvalue weighted by Crippen LogP contribution is -2.82. The van der Waals surface area contributed by atoms with Crippen molar-refractivity contribution < 1.29 is 63.7 Å². The van der Waals surface area contributed by atoms with Gasteiger partial charge in [0.2, 0.25) is 0 Å². The van der Waals surface area contributed by atoms with Gasteiger partial charge in [-0.05, 0) is 37.1 Å². The average Bonchev–Trinajstić information content (AvgIpc) is 2.98. The van der Waals surface area contributed by atoms with Crippen molar-refractivity contribution in [2.45, 2.75) is 110 Å². The summed E-state index contributed by atoms with van der Waals surface area (Å²) in [6, 6.07) is 7.83. The zero-order chi connectivity index (χ0) is 36.5. The summed E-state index contributed by atoms with van der Waals surface area (Å²) in [6.45, 7) is 10.1. The second-order valence-corrected chi connectivity index (χ2v) is 13.8. The molecule has 13 heteroatoms. The fourth-order valence-corrected chi connectivity index (χ4v) is 8.36.